The summed E-state index contributed by atoms with van der Waals surface area (Å²) in [6.45, 7) is 2.36. The van der Waals surface area contributed by atoms with Crippen LogP contribution in [0, 0.1) is 5.92 Å². The Balaban J connectivity index is 1.05. The van der Waals surface area contributed by atoms with Gasteiger partial charge in [0.15, 0.2) is 0 Å². The summed E-state index contributed by atoms with van der Waals surface area (Å²) in [5.74, 6) is 0.352. The first-order chi connectivity index (χ1) is 34.2. The van der Waals surface area contributed by atoms with Crippen LogP contribution in [0.3, 0.4) is 0 Å². The molecular weight excluding hydrogens is 853 g/mol. The number of allylic oxidation sites excluding steroid dienone is 4. The van der Waals surface area contributed by atoms with Crippen molar-refractivity contribution < 1.29 is 0 Å². The molecule has 15 rings (SSSR count). The van der Waals surface area contributed by atoms with E-state index in [4.69, 9.17) is 0 Å². The summed E-state index contributed by atoms with van der Waals surface area (Å²) in [5.41, 5.74) is 19.7. The maximum absolute atomic E-state index is 2.59. The Morgan fingerprint density at radius 2 is 1.13 bits per heavy atom. The zero-order chi connectivity index (χ0) is 45.4. The van der Waals surface area contributed by atoms with Gasteiger partial charge in [0.25, 0.3) is 0 Å². The summed E-state index contributed by atoms with van der Waals surface area (Å²) in [5, 5.41) is 7.64. The molecule has 2 nitrogen and oxygen atoms in total. The van der Waals surface area contributed by atoms with E-state index in [-0.39, 0.29) is 0 Å². The van der Waals surface area contributed by atoms with Crippen molar-refractivity contribution in [2.24, 2.45) is 5.92 Å². The predicted octanol–water partition coefficient (Wildman–Crippen LogP) is 18.2. The minimum atomic E-state index is -0.577. The quantitative estimate of drug-likeness (QED) is 0.167. The van der Waals surface area contributed by atoms with Gasteiger partial charge < -0.3 is 9.47 Å². The summed E-state index contributed by atoms with van der Waals surface area (Å²) >= 11 is 1.89. The molecule has 0 aliphatic heterocycles. The van der Waals surface area contributed by atoms with E-state index in [1.165, 1.54) is 114 Å². The fraction of sp³-hybridized carbons (Fsp3) is 0.0606. The van der Waals surface area contributed by atoms with Crippen molar-refractivity contribution in [3.8, 4) is 33.4 Å². The first-order valence-electron chi connectivity index (χ1n) is 24.2. The lowest BCUT2D eigenvalue weighted by molar-refractivity contribution is 0.725. The Morgan fingerprint density at radius 1 is 0.478 bits per heavy atom. The average molecular weight is 897 g/mol. The second-order valence-electron chi connectivity index (χ2n) is 19.1. The number of benzene rings is 10. The standard InChI is InChI=1S/C66H44N2S/c1-41-18-5-14-30-58(41)68-59-31-15-10-24-48(59)52-27-17-32-60(65(52)68)67(44-19-3-2-4-20-44)61-40-57-64(51-26-7-6-23-47(51)61)53-37-35-42(43-34-36-50-49-25-11-16-33-62(49)69-63(50)39-43)38-56(53)66(57)54-28-12-8-21-45(54)46-22-9-13-29-55(46)66/h2-17,19-41H,18H2,1H3. The van der Waals surface area contributed by atoms with Gasteiger partial charge in [0, 0.05) is 53.6 Å². The van der Waals surface area contributed by atoms with Gasteiger partial charge in [-0.2, -0.15) is 0 Å². The van der Waals surface area contributed by atoms with Crippen molar-refractivity contribution in [1.29, 1.82) is 0 Å². The second kappa shape index (κ2) is 14.6. The van der Waals surface area contributed by atoms with Gasteiger partial charge in [0.2, 0.25) is 0 Å². The SMILES string of the molecule is CC1CC=CC=C1n1c2ccccc2c2cccc(N(c3ccccc3)c3cc4c(c5ccccc35)-c3ccc(-c5ccc6c(c5)sc5ccccc56)cc3C43c4ccccc4-c4ccccc43)c21. The van der Waals surface area contributed by atoms with E-state index in [2.05, 4.69) is 247 Å². The largest absolute Gasteiger partial charge is 0.311 e. The van der Waals surface area contributed by atoms with Gasteiger partial charge in [0.05, 0.1) is 27.8 Å². The van der Waals surface area contributed by atoms with Crippen LogP contribution in [0.2, 0.25) is 0 Å². The highest BCUT2D eigenvalue weighted by molar-refractivity contribution is 7.25. The van der Waals surface area contributed by atoms with Gasteiger partial charge in [-0.05, 0) is 122 Å². The lowest BCUT2D eigenvalue weighted by Gasteiger charge is -2.33. The molecule has 1 atom stereocenters. The van der Waals surface area contributed by atoms with Crippen LogP contribution < -0.4 is 4.90 Å². The molecule has 0 saturated heterocycles. The topological polar surface area (TPSA) is 8.17 Å². The molecule has 1 unspecified atom stereocenters. The van der Waals surface area contributed by atoms with Crippen molar-refractivity contribution in [3.05, 3.63) is 253 Å². The molecule has 3 heteroatoms. The number of para-hydroxylation sites is 3. The summed E-state index contributed by atoms with van der Waals surface area (Å²) in [6, 6.07) is 80.4. The van der Waals surface area contributed by atoms with Crippen molar-refractivity contribution in [2.75, 3.05) is 4.90 Å². The highest BCUT2D eigenvalue weighted by Gasteiger charge is 2.52. The van der Waals surface area contributed by atoms with Gasteiger partial charge >= 0.3 is 0 Å². The van der Waals surface area contributed by atoms with Crippen LogP contribution in [0.1, 0.15) is 35.6 Å². The molecule has 3 aliphatic rings. The van der Waals surface area contributed by atoms with E-state index >= 15 is 0 Å². The molecule has 0 fully saturated rings. The van der Waals surface area contributed by atoms with Crippen LogP contribution in [-0.2, 0) is 5.41 Å². The Kier molecular flexibility index (Phi) is 8.23. The molecule has 0 bridgehead atoms. The van der Waals surface area contributed by atoms with Gasteiger partial charge in [-0.1, -0.05) is 183 Å². The van der Waals surface area contributed by atoms with Crippen LogP contribution >= 0.6 is 11.3 Å². The fourth-order valence-electron chi connectivity index (χ4n) is 12.7. The van der Waals surface area contributed by atoms with E-state index < -0.39 is 5.41 Å². The highest BCUT2D eigenvalue weighted by Crippen LogP contribution is 2.65. The Bertz CT molecular complexity index is 4150. The normalized spacial score (nSPS) is 15.3. The third kappa shape index (κ3) is 5.31. The number of fused-ring (bicyclic) bond motifs is 18. The Labute approximate surface area is 405 Å². The van der Waals surface area contributed by atoms with Crippen molar-refractivity contribution in [1.82, 2.24) is 4.57 Å². The number of anilines is 3. The van der Waals surface area contributed by atoms with Gasteiger partial charge in [-0.15, -0.1) is 11.3 Å². The maximum atomic E-state index is 2.59. The van der Waals surface area contributed by atoms with Crippen LogP contribution in [0.5, 0.6) is 0 Å². The molecule has 0 radical (unpaired) electrons. The van der Waals surface area contributed by atoms with Gasteiger partial charge in [-0.3, -0.25) is 0 Å². The van der Waals surface area contributed by atoms with E-state index in [0.717, 1.165) is 23.5 Å². The lowest BCUT2D eigenvalue weighted by atomic mass is 9.70. The minimum Gasteiger partial charge on any atom is -0.311 e. The van der Waals surface area contributed by atoms with Crippen molar-refractivity contribution >= 4 is 86.8 Å². The van der Waals surface area contributed by atoms with E-state index in [1.54, 1.807) is 0 Å². The van der Waals surface area contributed by atoms with Crippen molar-refractivity contribution in [2.45, 2.75) is 18.8 Å². The molecule has 1 spiro atoms. The summed E-state index contributed by atoms with van der Waals surface area (Å²) in [7, 11) is 0. The van der Waals surface area contributed by atoms with E-state index in [9.17, 15) is 0 Å². The third-order valence-corrected chi connectivity index (χ3v) is 16.7. The third-order valence-electron chi connectivity index (χ3n) is 15.6. The van der Waals surface area contributed by atoms with Crippen LogP contribution in [0.15, 0.2) is 231 Å². The number of nitrogens with zero attached hydrogens (tertiary/aromatic N) is 2. The number of thiophene rings is 1. The molecule has 12 aromatic rings. The van der Waals surface area contributed by atoms with Crippen LogP contribution in [0.25, 0.3) is 91.8 Å². The first kappa shape index (κ1) is 38.8. The zero-order valence-electron chi connectivity index (χ0n) is 38.0. The molecule has 0 amide bonds. The smallest absolute Gasteiger partial charge is 0.0779 e. The van der Waals surface area contributed by atoms with Gasteiger partial charge in [0.1, 0.15) is 0 Å². The van der Waals surface area contributed by atoms with Crippen molar-refractivity contribution in [3.63, 3.8) is 0 Å². The molecule has 0 saturated carbocycles. The highest BCUT2D eigenvalue weighted by atomic mass is 32.1. The minimum absolute atomic E-state index is 0.352. The number of hydrogen-bond acceptors (Lipinski definition) is 2. The van der Waals surface area contributed by atoms with Crippen LogP contribution in [0.4, 0.5) is 17.1 Å². The second-order valence-corrected chi connectivity index (χ2v) is 20.2. The van der Waals surface area contributed by atoms with E-state index in [1.807, 2.05) is 11.3 Å². The summed E-state index contributed by atoms with van der Waals surface area (Å²) in [6.07, 6.45) is 7.88. The molecule has 3 aliphatic carbocycles. The Morgan fingerprint density at radius 3 is 1.94 bits per heavy atom. The molecule has 2 heterocycles. The van der Waals surface area contributed by atoms with Gasteiger partial charge in [-0.25, -0.2) is 0 Å². The van der Waals surface area contributed by atoms with Crippen LogP contribution in [-0.4, -0.2) is 4.57 Å². The molecule has 324 valence electrons. The summed E-state index contributed by atoms with van der Waals surface area (Å²) < 4.78 is 5.22. The molecule has 0 N–H and O–H groups in total. The number of rotatable bonds is 5. The maximum Gasteiger partial charge on any atom is 0.0779 e. The number of aromatic nitrogens is 1. The lowest BCUT2D eigenvalue weighted by Crippen LogP contribution is -2.26. The summed E-state index contributed by atoms with van der Waals surface area (Å²) in [4.78, 5) is 2.57. The fourth-order valence-corrected chi connectivity index (χ4v) is 13.9. The molecule has 69 heavy (non-hydrogen) atoms. The zero-order valence-corrected chi connectivity index (χ0v) is 38.8. The average Bonchev–Trinajstić information content (AvgIpc) is 4.13. The molecular formula is C66H44N2S. The van der Waals surface area contributed by atoms with E-state index in [0.29, 0.717) is 5.92 Å². The Hall–Kier alpha value is -8.24. The molecule has 2 aromatic heterocycles. The number of hydrogen-bond donors (Lipinski definition) is 0. The molecule has 10 aromatic carbocycles. The predicted molar refractivity (Wildman–Crippen MR) is 293 cm³/mol. The first-order valence-corrected chi connectivity index (χ1v) is 25.0. The monoisotopic (exact) mass is 896 g/mol.